The van der Waals surface area contributed by atoms with Crippen LogP contribution in [0.3, 0.4) is 0 Å². The molecule has 21 heavy (non-hydrogen) atoms. The van der Waals surface area contributed by atoms with Crippen molar-refractivity contribution in [2.45, 2.75) is 6.61 Å². The van der Waals surface area contributed by atoms with Crippen LogP contribution in [0.5, 0.6) is 11.5 Å². The molecule has 7 heteroatoms. The minimum atomic E-state index is -1.54. The lowest BCUT2D eigenvalue weighted by Crippen LogP contribution is -2.30. The van der Waals surface area contributed by atoms with Crippen LogP contribution in [0, 0.1) is 0 Å². The van der Waals surface area contributed by atoms with Gasteiger partial charge in [0.15, 0.2) is 0 Å². The molecule has 0 fully saturated rings. The third-order valence-corrected chi connectivity index (χ3v) is 3.63. The summed E-state index contributed by atoms with van der Waals surface area (Å²) in [4.78, 5) is 0. The van der Waals surface area contributed by atoms with E-state index in [1.165, 1.54) is 7.11 Å². The van der Waals surface area contributed by atoms with Crippen molar-refractivity contribution in [3.05, 3.63) is 52.0 Å². The molecule has 2 aromatic carbocycles. The molecule has 0 aliphatic heterocycles. The Kier molecular flexibility index (Phi) is 5.36. The summed E-state index contributed by atoms with van der Waals surface area (Å²) in [7, 11) is -0.00725. The van der Waals surface area contributed by atoms with Gasteiger partial charge in [0.2, 0.25) is 0 Å². The van der Waals surface area contributed by atoms with Crippen molar-refractivity contribution >= 4 is 35.8 Å². The third kappa shape index (κ3) is 4.05. The highest BCUT2D eigenvalue weighted by atomic mass is 35.5. The van der Waals surface area contributed by atoms with Gasteiger partial charge in [0.05, 0.1) is 17.2 Å². The van der Waals surface area contributed by atoms with Crippen molar-refractivity contribution in [2.24, 2.45) is 0 Å². The first-order chi connectivity index (χ1) is 10.0. The first-order valence-corrected chi connectivity index (χ1v) is 6.87. The molecule has 0 aromatic heterocycles. The highest BCUT2D eigenvalue weighted by Gasteiger charge is 2.14. The van der Waals surface area contributed by atoms with Crippen LogP contribution < -0.4 is 14.9 Å². The Bertz CT molecular complexity index is 634. The lowest BCUT2D eigenvalue weighted by Gasteiger charge is -2.12. The molecule has 2 aromatic rings. The summed E-state index contributed by atoms with van der Waals surface area (Å²) >= 11 is 11.8. The van der Waals surface area contributed by atoms with Crippen molar-refractivity contribution < 1.29 is 19.5 Å². The molecule has 0 aliphatic rings. The van der Waals surface area contributed by atoms with E-state index in [0.29, 0.717) is 32.6 Å². The number of rotatable bonds is 5. The molecule has 2 rings (SSSR count). The number of halogens is 2. The second-order valence-corrected chi connectivity index (χ2v) is 5.12. The fourth-order valence-electron chi connectivity index (χ4n) is 1.80. The molecule has 4 nitrogen and oxygen atoms in total. The molecule has 110 valence electrons. The maximum atomic E-state index is 9.21. The molecule has 0 bridgehead atoms. The molecule has 0 saturated carbocycles. The van der Waals surface area contributed by atoms with Crippen LogP contribution in [0.25, 0.3) is 0 Å². The summed E-state index contributed by atoms with van der Waals surface area (Å²) < 4.78 is 10.8. The van der Waals surface area contributed by atoms with Crippen molar-refractivity contribution in [1.82, 2.24) is 0 Å². The van der Waals surface area contributed by atoms with Crippen LogP contribution in [0.15, 0.2) is 36.4 Å². The average Bonchev–Trinajstić information content (AvgIpc) is 2.48. The van der Waals surface area contributed by atoms with Crippen molar-refractivity contribution in [3.63, 3.8) is 0 Å². The van der Waals surface area contributed by atoms with Gasteiger partial charge in [-0.15, -0.1) is 0 Å². The summed E-state index contributed by atoms with van der Waals surface area (Å²) in [5.41, 5.74) is 1.05. The average molecular weight is 327 g/mol. The van der Waals surface area contributed by atoms with Gasteiger partial charge in [-0.05, 0) is 23.7 Å². The Balaban J connectivity index is 2.17. The molecular formula is C14H13BCl2O4. The lowest BCUT2D eigenvalue weighted by molar-refractivity contribution is 0.297. The highest BCUT2D eigenvalue weighted by Crippen LogP contribution is 2.27. The highest BCUT2D eigenvalue weighted by molar-refractivity contribution is 6.58. The Labute approximate surface area is 133 Å². The van der Waals surface area contributed by atoms with Gasteiger partial charge in [0, 0.05) is 11.6 Å². The van der Waals surface area contributed by atoms with Gasteiger partial charge >= 0.3 is 7.12 Å². The minimum absolute atomic E-state index is 0.196. The van der Waals surface area contributed by atoms with Crippen molar-refractivity contribution in [1.29, 1.82) is 0 Å². The number of hydrogen-bond donors (Lipinski definition) is 2. The molecule has 0 radical (unpaired) electrons. The Morgan fingerprint density at radius 1 is 1.05 bits per heavy atom. The zero-order valence-corrected chi connectivity index (χ0v) is 12.7. The van der Waals surface area contributed by atoms with E-state index in [0.717, 1.165) is 0 Å². The zero-order valence-electron chi connectivity index (χ0n) is 11.2. The van der Waals surface area contributed by atoms with Gasteiger partial charge in [-0.1, -0.05) is 35.3 Å². The molecule has 2 N–H and O–H groups in total. The summed E-state index contributed by atoms with van der Waals surface area (Å²) in [5.74, 6) is 1.15. The van der Waals surface area contributed by atoms with E-state index in [2.05, 4.69) is 0 Å². The van der Waals surface area contributed by atoms with Crippen LogP contribution in [-0.4, -0.2) is 24.3 Å². The van der Waals surface area contributed by atoms with E-state index >= 15 is 0 Å². The molecule has 0 atom stereocenters. The lowest BCUT2D eigenvalue weighted by atomic mass is 9.79. The van der Waals surface area contributed by atoms with Crippen molar-refractivity contribution in [3.8, 4) is 11.5 Å². The first-order valence-electron chi connectivity index (χ1n) is 6.12. The van der Waals surface area contributed by atoms with Gasteiger partial charge in [-0.2, -0.15) is 0 Å². The van der Waals surface area contributed by atoms with Crippen LogP contribution in [0.1, 0.15) is 5.56 Å². The number of ether oxygens (including phenoxy) is 2. The maximum absolute atomic E-state index is 9.21. The normalized spacial score (nSPS) is 10.3. The van der Waals surface area contributed by atoms with Gasteiger partial charge in [0.1, 0.15) is 18.1 Å². The van der Waals surface area contributed by atoms with E-state index in [9.17, 15) is 10.0 Å². The van der Waals surface area contributed by atoms with Crippen molar-refractivity contribution in [2.75, 3.05) is 7.11 Å². The summed E-state index contributed by atoms with van der Waals surface area (Å²) in [6.07, 6.45) is 0. The molecular weight excluding hydrogens is 314 g/mol. The van der Waals surface area contributed by atoms with Gasteiger partial charge in [0.25, 0.3) is 0 Å². The monoisotopic (exact) mass is 326 g/mol. The summed E-state index contributed by atoms with van der Waals surface area (Å²) in [5, 5.41) is 19.3. The molecule has 0 unspecified atom stereocenters. The standard InChI is InChI=1S/C14H13BCl2O4/c1-20-14-5-2-10(15(18)19)6-9(14)8-21-11-3-4-12(16)13(17)7-11/h2-7,18-19H,8H2,1H3. The molecule has 0 amide bonds. The molecule has 0 heterocycles. The Hall–Kier alpha value is -1.40. The maximum Gasteiger partial charge on any atom is 0.488 e. The fraction of sp³-hybridized carbons (Fsp3) is 0.143. The first kappa shape index (κ1) is 16.0. The van der Waals surface area contributed by atoms with E-state index in [-0.39, 0.29) is 6.61 Å². The van der Waals surface area contributed by atoms with E-state index in [1.807, 2.05) is 0 Å². The SMILES string of the molecule is COc1ccc(B(O)O)cc1COc1ccc(Cl)c(Cl)c1. The molecule has 0 aliphatic carbocycles. The van der Waals surface area contributed by atoms with Crippen LogP contribution in [0.2, 0.25) is 10.0 Å². The predicted octanol–water partition coefficient (Wildman–Crippen LogP) is 2.26. The molecule has 0 saturated heterocycles. The van der Waals surface area contributed by atoms with Crippen LogP contribution >= 0.6 is 23.2 Å². The van der Waals surface area contributed by atoms with E-state index in [1.54, 1.807) is 36.4 Å². The second-order valence-electron chi connectivity index (χ2n) is 4.31. The zero-order chi connectivity index (χ0) is 15.4. The predicted molar refractivity (Wildman–Crippen MR) is 83.6 cm³/mol. The summed E-state index contributed by atoms with van der Waals surface area (Å²) in [6, 6.07) is 9.80. The summed E-state index contributed by atoms with van der Waals surface area (Å²) in [6.45, 7) is 0.196. The van der Waals surface area contributed by atoms with Gasteiger partial charge in [-0.3, -0.25) is 0 Å². The van der Waals surface area contributed by atoms with Crippen LogP contribution in [0.4, 0.5) is 0 Å². The number of hydrogen-bond acceptors (Lipinski definition) is 4. The molecule has 0 spiro atoms. The number of benzene rings is 2. The minimum Gasteiger partial charge on any atom is -0.496 e. The fourth-order valence-corrected chi connectivity index (χ4v) is 2.09. The number of methoxy groups -OCH3 is 1. The van der Waals surface area contributed by atoms with E-state index < -0.39 is 7.12 Å². The quantitative estimate of drug-likeness (QED) is 0.827. The second kappa shape index (κ2) is 7.05. The van der Waals surface area contributed by atoms with Crippen LogP contribution in [-0.2, 0) is 6.61 Å². The third-order valence-electron chi connectivity index (χ3n) is 2.89. The Morgan fingerprint density at radius 3 is 2.43 bits per heavy atom. The largest absolute Gasteiger partial charge is 0.496 e. The van der Waals surface area contributed by atoms with Gasteiger partial charge < -0.3 is 19.5 Å². The Morgan fingerprint density at radius 2 is 1.81 bits per heavy atom. The smallest absolute Gasteiger partial charge is 0.488 e. The topological polar surface area (TPSA) is 58.9 Å². The van der Waals surface area contributed by atoms with Gasteiger partial charge in [-0.25, -0.2) is 0 Å². The van der Waals surface area contributed by atoms with E-state index in [4.69, 9.17) is 32.7 Å².